The Morgan fingerprint density at radius 2 is 1.97 bits per heavy atom. The zero-order valence-corrected chi connectivity index (χ0v) is 18.8. The number of nitrogens with zero attached hydrogens (tertiary/aromatic N) is 4. The van der Waals surface area contributed by atoms with Gasteiger partial charge in [-0.25, -0.2) is 0 Å². The van der Waals surface area contributed by atoms with Crippen LogP contribution in [0.5, 0.6) is 5.75 Å². The van der Waals surface area contributed by atoms with Crippen LogP contribution in [0.3, 0.4) is 0 Å². The Hall–Kier alpha value is -3.45. The van der Waals surface area contributed by atoms with E-state index >= 15 is 0 Å². The number of rotatable bonds is 6. The number of aromatic nitrogens is 3. The number of aliphatic imine (C=N–C) groups is 1. The summed E-state index contributed by atoms with van der Waals surface area (Å²) in [5.74, 6) is 0.919. The number of fused-ring (bicyclic) bond motifs is 3. The fraction of sp³-hybridized carbons (Fsp3) is 0.250. The van der Waals surface area contributed by atoms with E-state index in [2.05, 4.69) is 16.8 Å². The molecule has 8 heteroatoms. The van der Waals surface area contributed by atoms with Gasteiger partial charge in [0.25, 0.3) is 0 Å². The van der Waals surface area contributed by atoms with Gasteiger partial charge in [-0.1, -0.05) is 29.8 Å². The number of benzene rings is 2. The van der Waals surface area contributed by atoms with E-state index in [1.807, 2.05) is 54.0 Å². The molecule has 4 rings (SSSR count). The van der Waals surface area contributed by atoms with Crippen molar-refractivity contribution in [3.63, 3.8) is 0 Å². The molecular weight excluding hydrogens is 428 g/mol. The van der Waals surface area contributed by atoms with Crippen molar-refractivity contribution < 1.29 is 14.3 Å². The smallest absolute Gasteiger partial charge is 0.311 e. The van der Waals surface area contributed by atoms with E-state index in [0.29, 0.717) is 34.6 Å². The summed E-state index contributed by atoms with van der Waals surface area (Å²) in [6, 6.07) is 12.6. The van der Waals surface area contributed by atoms with Crippen LogP contribution in [0.1, 0.15) is 35.2 Å². The van der Waals surface area contributed by atoms with Crippen LogP contribution in [0.15, 0.2) is 60.1 Å². The summed E-state index contributed by atoms with van der Waals surface area (Å²) in [7, 11) is 2.99. The normalized spacial score (nSPS) is 15.6. The minimum atomic E-state index is -0.634. The first kappa shape index (κ1) is 21.8. The van der Waals surface area contributed by atoms with Gasteiger partial charge in [0.1, 0.15) is 17.6 Å². The first-order valence-corrected chi connectivity index (χ1v) is 10.5. The van der Waals surface area contributed by atoms with Crippen molar-refractivity contribution in [3.8, 4) is 11.4 Å². The van der Waals surface area contributed by atoms with Gasteiger partial charge in [0.15, 0.2) is 5.82 Å². The second kappa shape index (κ2) is 8.96. The number of aryl methyl sites for hydroxylation is 1. The van der Waals surface area contributed by atoms with Crippen molar-refractivity contribution in [2.45, 2.75) is 19.4 Å². The Kier molecular flexibility index (Phi) is 6.10. The zero-order chi connectivity index (χ0) is 22.8. The highest BCUT2D eigenvalue weighted by Crippen LogP contribution is 2.37. The van der Waals surface area contributed by atoms with Crippen LogP contribution in [0, 0.1) is 12.8 Å². The van der Waals surface area contributed by atoms with Crippen LogP contribution < -0.4 is 4.74 Å². The average Bonchev–Trinajstić information content (AvgIpc) is 3.12. The molecule has 1 aliphatic heterocycles. The van der Waals surface area contributed by atoms with Crippen molar-refractivity contribution in [2.24, 2.45) is 10.9 Å². The molecule has 2 heterocycles. The van der Waals surface area contributed by atoms with Crippen molar-refractivity contribution >= 4 is 23.3 Å². The lowest BCUT2D eigenvalue weighted by Gasteiger charge is -2.20. The Bertz CT molecular complexity index is 1200. The summed E-state index contributed by atoms with van der Waals surface area (Å²) < 4.78 is 12.5. The third kappa shape index (κ3) is 3.80. The number of hydrogen-bond acceptors (Lipinski definition) is 6. The highest BCUT2D eigenvalue weighted by atomic mass is 35.5. The third-order valence-electron chi connectivity index (χ3n) is 5.51. The summed E-state index contributed by atoms with van der Waals surface area (Å²) in [6.45, 7) is 5.68. The summed E-state index contributed by atoms with van der Waals surface area (Å²) in [5.41, 5.74) is 3.26. The van der Waals surface area contributed by atoms with Crippen LogP contribution in [0.25, 0.3) is 5.69 Å². The molecule has 0 aliphatic carbocycles. The molecular formula is C24H23ClN4O3. The molecule has 0 N–H and O–H groups in total. The maximum absolute atomic E-state index is 12.8. The molecule has 0 fully saturated rings. The molecule has 3 aromatic rings. The molecule has 0 bridgehead atoms. The fourth-order valence-electron chi connectivity index (χ4n) is 3.95. The van der Waals surface area contributed by atoms with Gasteiger partial charge in [0.05, 0.1) is 31.5 Å². The predicted octanol–water partition coefficient (Wildman–Crippen LogP) is 4.50. The minimum Gasteiger partial charge on any atom is -0.497 e. The topological polar surface area (TPSA) is 78.6 Å². The molecule has 32 heavy (non-hydrogen) atoms. The minimum absolute atomic E-state index is 0.375. The molecule has 0 saturated carbocycles. The molecule has 2 unspecified atom stereocenters. The van der Waals surface area contributed by atoms with Crippen LogP contribution in [-0.4, -0.2) is 40.7 Å². The molecule has 2 atom stereocenters. The number of methoxy groups -OCH3 is 2. The lowest BCUT2D eigenvalue weighted by atomic mass is 9.95. The summed E-state index contributed by atoms with van der Waals surface area (Å²) in [5, 5.41) is 9.33. The summed E-state index contributed by atoms with van der Waals surface area (Å²) in [6.07, 6.45) is 2.06. The quantitative estimate of drug-likeness (QED) is 0.408. The molecule has 2 aromatic carbocycles. The lowest BCUT2D eigenvalue weighted by Crippen LogP contribution is -2.24. The van der Waals surface area contributed by atoms with Crippen LogP contribution in [0.2, 0.25) is 5.02 Å². The number of ether oxygens (including phenoxy) is 2. The summed E-state index contributed by atoms with van der Waals surface area (Å²) in [4.78, 5) is 17.8. The molecule has 1 aliphatic rings. The van der Waals surface area contributed by atoms with Gasteiger partial charge in [-0.3, -0.25) is 14.4 Å². The summed E-state index contributed by atoms with van der Waals surface area (Å²) >= 11 is 6.13. The number of halogens is 1. The van der Waals surface area contributed by atoms with Crippen LogP contribution in [0.4, 0.5) is 0 Å². The molecule has 0 radical (unpaired) electrons. The van der Waals surface area contributed by atoms with Crippen LogP contribution >= 0.6 is 11.6 Å². The molecule has 0 spiro atoms. The molecule has 1 aromatic heterocycles. The lowest BCUT2D eigenvalue weighted by molar-refractivity contribution is -0.146. The number of esters is 1. The standard InChI is InChI=1S/C24H23ClN4O3/c1-5-6-19(24(30)32-4)22-23-28-27-14(2)29(23)20-13-17(31-3)11-12-18(20)21(26-22)15-7-9-16(25)10-8-15/h5,7-13,19,22H,1,6H2,2-4H3. The van der Waals surface area contributed by atoms with Gasteiger partial charge in [-0.05, 0) is 37.6 Å². The van der Waals surface area contributed by atoms with Crippen molar-refractivity contribution in [2.75, 3.05) is 14.2 Å². The van der Waals surface area contributed by atoms with E-state index < -0.39 is 12.0 Å². The molecule has 164 valence electrons. The SMILES string of the molecule is C=CCC(C(=O)OC)C1N=C(c2ccc(Cl)cc2)c2ccc(OC)cc2-n2c(C)nnc21. The van der Waals surface area contributed by atoms with Crippen molar-refractivity contribution in [1.82, 2.24) is 14.8 Å². The van der Waals surface area contributed by atoms with Gasteiger partial charge in [-0.15, -0.1) is 16.8 Å². The zero-order valence-electron chi connectivity index (χ0n) is 18.1. The highest BCUT2D eigenvalue weighted by molar-refractivity contribution is 6.30. The Balaban J connectivity index is 2.04. The highest BCUT2D eigenvalue weighted by Gasteiger charge is 2.37. The number of hydrogen-bond donors (Lipinski definition) is 0. The Morgan fingerprint density at radius 3 is 2.62 bits per heavy atom. The van der Waals surface area contributed by atoms with E-state index in [4.69, 9.17) is 26.1 Å². The first-order valence-electron chi connectivity index (χ1n) is 10.1. The Morgan fingerprint density at radius 1 is 1.22 bits per heavy atom. The largest absolute Gasteiger partial charge is 0.497 e. The Labute approximate surface area is 191 Å². The number of allylic oxidation sites excluding steroid dienone is 1. The monoisotopic (exact) mass is 450 g/mol. The maximum Gasteiger partial charge on any atom is 0.311 e. The van der Waals surface area contributed by atoms with E-state index in [-0.39, 0.29) is 5.97 Å². The molecule has 0 amide bonds. The van der Waals surface area contributed by atoms with Gasteiger partial charge in [0, 0.05) is 22.2 Å². The van der Waals surface area contributed by atoms with E-state index in [1.165, 1.54) is 7.11 Å². The number of carbonyl (C=O) groups excluding carboxylic acids is 1. The van der Waals surface area contributed by atoms with Gasteiger partial charge in [-0.2, -0.15) is 0 Å². The van der Waals surface area contributed by atoms with E-state index in [9.17, 15) is 4.79 Å². The van der Waals surface area contributed by atoms with Crippen molar-refractivity contribution in [3.05, 3.63) is 82.9 Å². The third-order valence-corrected chi connectivity index (χ3v) is 5.76. The second-order valence-electron chi connectivity index (χ2n) is 7.41. The molecule has 7 nitrogen and oxygen atoms in total. The number of carbonyl (C=O) groups is 1. The van der Waals surface area contributed by atoms with E-state index in [1.54, 1.807) is 13.2 Å². The molecule has 0 saturated heterocycles. The van der Waals surface area contributed by atoms with Gasteiger partial charge in [0.2, 0.25) is 0 Å². The maximum atomic E-state index is 12.8. The second-order valence-corrected chi connectivity index (χ2v) is 7.84. The van der Waals surface area contributed by atoms with E-state index in [0.717, 1.165) is 16.8 Å². The van der Waals surface area contributed by atoms with Gasteiger partial charge >= 0.3 is 5.97 Å². The van der Waals surface area contributed by atoms with Crippen LogP contribution in [-0.2, 0) is 9.53 Å². The van der Waals surface area contributed by atoms with Gasteiger partial charge < -0.3 is 9.47 Å². The predicted molar refractivity (Wildman–Crippen MR) is 123 cm³/mol. The fourth-order valence-corrected chi connectivity index (χ4v) is 4.08. The average molecular weight is 451 g/mol. The first-order chi connectivity index (χ1) is 15.5. The van der Waals surface area contributed by atoms with Crippen molar-refractivity contribution in [1.29, 1.82) is 0 Å².